The van der Waals surface area contributed by atoms with Gasteiger partial charge in [0, 0.05) is 30.6 Å². The zero-order valence-electron chi connectivity index (χ0n) is 12.8. The summed E-state index contributed by atoms with van der Waals surface area (Å²) in [4.78, 5) is 18.3. The molecule has 5 heteroatoms. The standard InChI is InChI=1S/C16H25N3OS/c1-2-18(11-14-4-3-7-17-14)12-16(20)19-8-5-15-13(10-19)6-9-21-15/h6,9,14,17H,2-5,7-8,10-12H2,1H3. The van der Waals surface area contributed by atoms with Gasteiger partial charge in [-0.05, 0) is 49.4 Å². The van der Waals surface area contributed by atoms with Crippen molar-refractivity contribution in [3.63, 3.8) is 0 Å². The fraction of sp³-hybridized carbons (Fsp3) is 0.688. The van der Waals surface area contributed by atoms with Gasteiger partial charge < -0.3 is 10.2 Å². The quantitative estimate of drug-likeness (QED) is 0.899. The molecule has 2 aliphatic rings. The van der Waals surface area contributed by atoms with Crippen LogP contribution < -0.4 is 5.32 Å². The van der Waals surface area contributed by atoms with Crippen LogP contribution in [-0.4, -0.2) is 54.5 Å². The normalized spacial score (nSPS) is 21.8. The minimum absolute atomic E-state index is 0.284. The van der Waals surface area contributed by atoms with Crippen LogP contribution in [0.5, 0.6) is 0 Å². The molecule has 1 aromatic rings. The number of fused-ring (bicyclic) bond motifs is 1. The molecule has 0 aliphatic carbocycles. The number of amides is 1. The van der Waals surface area contributed by atoms with Gasteiger partial charge in [0.1, 0.15) is 0 Å². The number of nitrogens with zero attached hydrogens (tertiary/aromatic N) is 2. The molecule has 3 heterocycles. The minimum atomic E-state index is 0.284. The van der Waals surface area contributed by atoms with Crippen molar-refractivity contribution in [3.8, 4) is 0 Å². The van der Waals surface area contributed by atoms with Gasteiger partial charge in [-0.25, -0.2) is 0 Å². The summed E-state index contributed by atoms with van der Waals surface area (Å²) in [6, 6.07) is 2.74. The first-order chi connectivity index (χ1) is 10.3. The van der Waals surface area contributed by atoms with Crippen molar-refractivity contribution in [3.05, 3.63) is 21.9 Å². The predicted molar refractivity (Wildman–Crippen MR) is 86.6 cm³/mol. The summed E-state index contributed by atoms with van der Waals surface area (Å²) in [5, 5.41) is 5.66. The molecule has 0 saturated carbocycles. The maximum Gasteiger partial charge on any atom is 0.237 e. The highest BCUT2D eigenvalue weighted by atomic mass is 32.1. The highest BCUT2D eigenvalue weighted by molar-refractivity contribution is 7.10. The molecule has 3 rings (SSSR count). The number of carbonyl (C=O) groups excluding carboxylic acids is 1. The summed E-state index contributed by atoms with van der Waals surface area (Å²) >= 11 is 1.82. The van der Waals surface area contributed by atoms with Gasteiger partial charge in [0.2, 0.25) is 5.91 Å². The Kier molecular flexibility index (Phi) is 4.93. The smallest absolute Gasteiger partial charge is 0.237 e. The third-order valence-corrected chi connectivity index (χ3v) is 5.63. The molecular weight excluding hydrogens is 282 g/mol. The van der Waals surface area contributed by atoms with Crippen LogP contribution in [-0.2, 0) is 17.8 Å². The van der Waals surface area contributed by atoms with E-state index in [2.05, 4.69) is 28.6 Å². The summed E-state index contributed by atoms with van der Waals surface area (Å²) in [6.07, 6.45) is 3.53. The Morgan fingerprint density at radius 1 is 1.57 bits per heavy atom. The Labute approximate surface area is 131 Å². The number of hydrogen-bond acceptors (Lipinski definition) is 4. The third-order valence-electron chi connectivity index (χ3n) is 4.61. The molecule has 116 valence electrons. The molecule has 1 fully saturated rings. The predicted octanol–water partition coefficient (Wildman–Crippen LogP) is 1.71. The molecule has 1 amide bonds. The van der Waals surface area contributed by atoms with Crippen molar-refractivity contribution >= 4 is 17.2 Å². The fourth-order valence-electron chi connectivity index (χ4n) is 3.28. The first kappa shape index (κ1) is 15.0. The first-order valence-corrected chi connectivity index (χ1v) is 8.93. The van der Waals surface area contributed by atoms with Crippen molar-refractivity contribution in [2.45, 2.75) is 38.8 Å². The Morgan fingerprint density at radius 3 is 3.24 bits per heavy atom. The van der Waals surface area contributed by atoms with E-state index in [9.17, 15) is 4.79 Å². The number of nitrogens with one attached hydrogen (secondary N) is 1. The van der Waals surface area contributed by atoms with E-state index in [0.717, 1.165) is 39.1 Å². The van der Waals surface area contributed by atoms with Crippen LogP contribution in [0.25, 0.3) is 0 Å². The van der Waals surface area contributed by atoms with E-state index < -0.39 is 0 Å². The van der Waals surface area contributed by atoms with E-state index in [1.807, 2.05) is 16.2 Å². The molecule has 1 saturated heterocycles. The molecule has 1 unspecified atom stereocenters. The van der Waals surface area contributed by atoms with E-state index in [1.54, 1.807) is 0 Å². The van der Waals surface area contributed by atoms with Crippen molar-refractivity contribution in [2.24, 2.45) is 0 Å². The molecule has 0 bridgehead atoms. The molecule has 0 aromatic carbocycles. The highest BCUT2D eigenvalue weighted by Gasteiger charge is 2.24. The van der Waals surface area contributed by atoms with E-state index in [0.29, 0.717) is 12.6 Å². The molecule has 2 aliphatic heterocycles. The number of rotatable bonds is 5. The van der Waals surface area contributed by atoms with Crippen molar-refractivity contribution < 1.29 is 4.79 Å². The Hall–Kier alpha value is -0.910. The van der Waals surface area contributed by atoms with Crippen molar-refractivity contribution in [1.82, 2.24) is 15.1 Å². The molecule has 0 radical (unpaired) electrons. The SMILES string of the molecule is CCN(CC(=O)N1CCc2sccc2C1)CC1CCCN1. The van der Waals surface area contributed by atoms with Crippen LogP contribution in [0.1, 0.15) is 30.2 Å². The Bertz CT molecular complexity index is 482. The average Bonchev–Trinajstić information content (AvgIpc) is 3.16. The topological polar surface area (TPSA) is 35.6 Å². The van der Waals surface area contributed by atoms with Gasteiger partial charge in [-0.3, -0.25) is 9.69 Å². The maximum atomic E-state index is 12.5. The lowest BCUT2D eigenvalue weighted by atomic mass is 10.1. The zero-order chi connectivity index (χ0) is 14.7. The van der Waals surface area contributed by atoms with Crippen LogP contribution in [0, 0.1) is 0 Å². The van der Waals surface area contributed by atoms with Gasteiger partial charge in [-0.15, -0.1) is 11.3 Å². The lowest BCUT2D eigenvalue weighted by molar-refractivity contribution is -0.133. The summed E-state index contributed by atoms with van der Waals surface area (Å²) in [5.41, 5.74) is 1.35. The van der Waals surface area contributed by atoms with Gasteiger partial charge in [-0.1, -0.05) is 6.92 Å². The Morgan fingerprint density at radius 2 is 2.48 bits per heavy atom. The number of carbonyl (C=O) groups is 1. The summed E-state index contributed by atoms with van der Waals surface area (Å²) in [7, 11) is 0. The second-order valence-corrected chi connectivity index (χ2v) is 7.06. The number of hydrogen-bond donors (Lipinski definition) is 1. The van der Waals surface area contributed by atoms with Gasteiger partial charge in [0.25, 0.3) is 0 Å². The molecule has 1 N–H and O–H groups in total. The zero-order valence-corrected chi connectivity index (χ0v) is 13.6. The van der Waals surface area contributed by atoms with Crippen LogP contribution in [0.3, 0.4) is 0 Å². The first-order valence-electron chi connectivity index (χ1n) is 8.05. The number of thiophene rings is 1. The van der Waals surface area contributed by atoms with Crippen LogP contribution in [0.15, 0.2) is 11.4 Å². The minimum Gasteiger partial charge on any atom is -0.337 e. The van der Waals surface area contributed by atoms with Crippen LogP contribution >= 0.6 is 11.3 Å². The molecule has 21 heavy (non-hydrogen) atoms. The van der Waals surface area contributed by atoms with Crippen LogP contribution in [0.2, 0.25) is 0 Å². The maximum absolute atomic E-state index is 12.5. The Balaban J connectivity index is 1.52. The van der Waals surface area contributed by atoms with Gasteiger partial charge in [0.05, 0.1) is 6.54 Å². The lowest BCUT2D eigenvalue weighted by Crippen LogP contribution is -2.45. The van der Waals surface area contributed by atoms with Crippen molar-refractivity contribution in [2.75, 3.05) is 32.7 Å². The molecular formula is C16H25N3OS. The van der Waals surface area contributed by atoms with E-state index >= 15 is 0 Å². The second kappa shape index (κ2) is 6.90. The van der Waals surface area contributed by atoms with Crippen molar-refractivity contribution in [1.29, 1.82) is 0 Å². The van der Waals surface area contributed by atoms with E-state index in [1.165, 1.54) is 23.3 Å². The fourth-order valence-corrected chi connectivity index (χ4v) is 4.17. The number of likely N-dealkylation sites (N-methyl/N-ethyl adjacent to an activating group) is 1. The van der Waals surface area contributed by atoms with Gasteiger partial charge in [-0.2, -0.15) is 0 Å². The highest BCUT2D eigenvalue weighted by Crippen LogP contribution is 2.24. The van der Waals surface area contributed by atoms with Gasteiger partial charge >= 0.3 is 0 Å². The molecule has 1 aromatic heterocycles. The second-order valence-electron chi connectivity index (χ2n) is 6.06. The van der Waals surface area contributed by atoms with E-state index in [-0.39, 0.29) is 5.91 Å². The molecule has 1 atom stereocenters. The lowest BCUT2D eigenvalue weighted by Gasteiger charge is -2.30. The third kappa shape index (κ3) is 3.65. The average molecular weight is 307 g/mol. The molecule has 0 spiro atoms. The summed E-state index contributed by atoms with van der Waals surface area (Å²) in [6.45, 7) is 7.47. The van der Waals surface area contributed by atoms with Gasteiger partial charge in [0.15, 0.2) is 0 Å². The summed E-state index contributed by atoms with van der Waals surface area (Å²) < 4.78 is 0. The monoisotopic (exact) mass is 307 g/mol. The van der Waals surface area contributed by atoms with Crippen LogP contribution in [0.4, 0.5) is 0 Å². The summed E-state index contributed by atoms with van der Waals surface area (Å²) in [5.74, 6) is 0.284. The van der Waals surface area contributed by atoms with E-state index in [4.69, 9.17) is 0 Å². The molecule has 4 nitrogen and oxygen atoms in total. The largest absolute Gasteiger partial charge is 0.337 e.